The molecule has 0 bridgehead atoms. The minimum Gasteiger partial charge on any atom is -0.746 e. The van der Waals surface area contributed by atoms with Crippen LogP contribution in [0, 0.1) is 0 Å². The Bertz CT molecular complexity index is 1870. The van der Waals surface area contributed by atoms with E-state index in [-0.39, 0.29) is 75.1 Å². The minimum absolute atomic E-state index is 0. The molecule has 222 valence electrons. The van der Waals surface area contributed by atoms with Crippen molar-refractivity contribution < 1.29 is 111 Å². The Morgan fingerprint density at radius 1 is 0.651 bits per heavy atom. The van der Waals surface area contributed by atoms with Crippen molar-refractivity contribution >= 4 is 40.7 Å². The minimum atomic E-state index is -6.32. The first-order valence-corrected chi connectivity index (χ1v) is 17.2. The molecule has 3 atom stereocenters. The van der Waals surface area contributed by atoms with E-state index in [0.717, 1.165) is 24.3 Å². The third-order valence-corrected chi connectivity index (χ3v) is 12.0. The van der Waals surface area contributed by atoms with Gasteiger partial charge in [-0.15, -0.1) is 4.31 Å². The second-order valence-electron chi connectivity index (χ2n) is 9.09. The van der Waals surface area contributed by atoms with Gasteiger partial charge in [-0.1, -0.05) is 91.0 Å². The van der Waals surface area contributed by atoms with Gasteiger partial charge in [0, 0.05) is 13.0 Å². The predicted octanol–water partition coefficient (Wildman–Crippen LogP) is -5.33. The Labute approximate surface area is 293 Å². The van der Waals surface area contributed by atoms with Crippen molar-refractivity contribution in [2.75, 3.05) is 0 Å². The second-order valence-corrected chi connectivity index (χ2v) is 14.9. The molecule has 43 heavy (non-hydrogen) atoms. The van der Waals surface area contributed by atoms with Crippen LogP contribution in [0.1, 0.15) is 16.7 Å². The molecule has 1 heterocycles. The van der Waals surface area contributed by atoms with Crippen LogP contribution in [0.3, 0.4) is 0 Å². The quantitative estimate of drug-likeness (QED) is 0.158. The summed E-state index contributed by atoms with van der Waals surface area (Å²) < 4.78 is 152. The van der Waals surface area contributed by atoms with Gasteiger partial charge in [-0.2, -0.15) is 16.8 Å². The van der Waals surface area contributed by atoms with Crippen molar-refractivity contribution in [2.45, 2.75) is 28.2 Å². The molecule has 0 aromatic heterocycles. The average molecular weight is 693 g/mol. The van der Waals surface area contributed by atoms with E-state index in [2.05, 4.69) is 0 Å². The largest absolute Gasteiger partial charge is 1.00 e. The van der Waals surface area contributed by atoms with Crippen molar-refractivity contribution in [3.63, 3.8) is 0 Å². The standard InChI is InChI=1S/C23H24N2O12S4.2Na/c26-38(27,28)21-23(40(32,33)34,20-14-8-3-9-15-20)24(17-19-12-6-2-7-13-19)22(39(29,30)31,25(21)41(35,36)37)16-18-10-4-1-5-11-18;;/h1-15,21H,16-17H2,(H,26,27,28)(H,29,30,31)(H,32,33,34)(H,35,36,37);;/q;2*+1/p-2. The van der Waals surface area contributed by atoms with Gasteiger partial charge in [0.15, 0.2) is 15.2 Å². The SMILES string of the molecule is O=S(=O)(O)C1N(S(=O)(=O)O)C(Cc2ccccc2)(S(=O)(=O)[O-])N(Cc2ccccc2)C1(c1ccccc1)S(=O)(=O)[O-].[Na+].[Na+]. The molecule has 3 aromatic carbocycles. The van der Waals surface area contributed by atoms with Crippen LogP contribution in [0.4, 0.5) is 0 Å². The Hall–Kier alpha value is -0.780. The van der Waals surface area contributed by atoms with E-state index in [1.807, 2.05) is 0 Å². The molecule has 2 N–H and O–H groups in total. The Morgan fingerprint density at radius 3 is 1.44 bits per heavy atom. The van der Waals surface area contributed by atoms with Crippen molar-refractivity contribution in [3.8, 4) is 0 Å². The molecule has 14 nitrogen and oxygen atoms in total. The fourth-order valence-electron chi connectivity index (χ4n) is 5.23. The first-order valence-electron chi connectivity index (χ1n) is 11.4. The van der Waals surface area contributed by atoms with Gasteiger partial charge in [-0.3, -0.25) is 9.11 Å². The first kappa shape index (κ1) is 38.4. The summed E-state index contributed by atoms with van der Waals surface area (Å²) in [7, 11) is -25.0. The molecule has 3 unspecified atom stereocenters. The molecule has 0 radical (unpaired) electrons. The maximum atomic E-state index is 13.4. The molecule has 0 aliphatic carbocycles. The van der Waals surface area contributed by atoms with E-state index in [0.29, 0.717) is 0 Å². The third-order valence-electron chi connectivity index (χ3n) is 6.68. The van der Waals surface area contributed by atoms with Crippen LogP contribution in [-0.4, -0.2) is 71.5 Å². The summed E-state index contributed by atoms with van der Waals surface area (Å²) >= 11 is 0. The van der Waals surface area contributed by atoms with Crippen LogP contribution in [-0.2, 0) is 58.5 Å². The number of benzene rings is 3. The Balaban J connectivity index is 0.00000323. The second kappa shape index (κ2) is 13.5. The zero-order valence-electron chi connectivity index (χ0n) is 22.7. The summed E-state index contributed by atoms with van der Waals surface area (Å²) in [5.74, 6) is 0. The fourth-order valence-corrected chi connectivity index (χ4v) is 11.8. The van der Waals surface area contributed by atoms with Crippen LogP contribution in [0.5, 0.6) is 0 Å². The number of hydrogen-bond donors (Lipinski definition) is 2. The molecule has 0 amide bonds. The number of nitrogens with zero attached hydrogens (tertiary/aromatic N) is 2. The first-order chi connectivity index (χ1) is 18.9. The molecular formula is C23H22N2Na2O12S4. The van der Waals surface area contributed by atoms with Crippen LogP contribution in [0.2, 0.25) is 0 Å². The summed E-state index contributed by atoms with van der Waals surface area (Å²) in [5, 5.41) is -3.56. The van der Waals surface area contributed by atoms with Gasteiger partial charge in [-0.25, -0.2) is 21.7 Å². The van der Waals surface area contributed by atoms with Gasteiger partial charge in [-0.05, 0) is 16.7 Å². The summed E-state index contributed by atoms with van der Waals surface area (Å²) in [5.41, 5.74) is -0.940. The molecule has 1 fully saturated rings. The van der Waals surface area contributed by atoms with E-state index in [1.54, 1.807) is 0 Å². The maximum absolute atomic E-state index is 13.4. The summed E-state index contributed by atoms with van der Waals surface area (Å²) in [4.78, 5) is -7.57. The molecule has 3 aromatic rings. The fraction of sp³-hybridized carbons (Fsp3) is 0.217. The summed E-state index contributed by atoms with van der Waals surface area (Å²) in [6.45, 7) is -1.04. The zero-order valence-corrected chi connectivity index (χ0v) is 29.9. The van der Waals surface area contributed by atoms with E-state index < -0.39 is 78.7 Å². The monoisotopic (exact) mass is 692 g/mol. The van der Waals surface area contributed by atoms with Crippen LogP contribution in [0.25, 0.3) is 0 Å². The Morgan fingerprint density at radius 2 is 1.07 bits per heavy atom. The molecule has 0 spiro atoms. The van der Waals surface area contributed by atoms with E-state index in [4.69, 9.17) is 0 Å². The zero-order chi connectivity index (χ0) is 30.5. The number of rotatable bonds is 9. The maximum Gasteiger partial charge on any atom is 1.00 e. The van der Waals surface area contributed by atoms with E-state index in [9.17, 15) is 51.9 Å². The summed E-state index contributed by atoms with van der Waals surface area (Å²) in [6.07, 6.45) is -1.28. The van der Waals surface area contributed by atoms with E-state index >= 15 is 0 Å². The van der Waals surface area contributed by atoms with E-state index in [1.165, 1.54) is 66.7 Å². The summed E-state index contributed by atoms with van der Waals surface area (Å²) in [6, 6.07) is 18.9. The molecule has 4 rings (SSSR count). The molecular weight excluding hydrogens is 671 g/mol. The van der Waals surface area contributed by atoms with Crippen LogP contribution < -0.4 is 59.1 Å². The van der Waals surface area contributed by atoms with Crippen molar-refractivity contribution in [3.05, 3.63) is 108 Å². The van der Waals surface area contributed by atoms with Crippen LogP contribution >= 0.6 is 0 Å². The third kappa shape index (κ3) is 6.85. The molecule has 1 saturated heterocycles. The normalized spacial score (nSPS) is 23.7. The van der Waals surface area contributed by atoms with Crippen molar-refractivity contribution in [2.24, 2.45) is 0 Å². The predicted molar refractivity (Wildman–Crippen MR) is 141 cm³/mol. The van der Waals surface area contributed by atoms with Crippen LogP contribution in [0.15, 0.2) is 91.0 Å². The smallest absolute Gasteiger partial charge is 0.746 e. The average Bonchev–Trinajstić information content (AvgIpc) is 3.15. The van der Waals surface area contributed by atoms with Gasteiger partial charge in [0.2, 0.25) is 0 Å². The molecule has 1 aliphatic rings. The van der Waals surface area contributed by atoms with Crippen molar-refractivity contribution in [1.82, 2.24) is 9.21 Å². The van der Waals surface area contributed by atoms with Crippen molar-refractivity contribution in [1.29, 1.82) is 0 Å². The van der Waals surface area contributed by atoms with Gasteiger partial charge >= 0.3 is 69.4 Å². The van der Waals surface area contributed by atoms with Gasteiger partial charge in [0.05, 0.1) is 0 Å². The molecule has 0 saturated carbocycles. The van der Waals surface area contributed by atoms with Gasteiger partial charge in [0.25, 0.3) is 10.1 Å². The topological polar surface area (TPSA) is 230 Å². The Kier molecular flexibility index (Phi) is 12.1. The van der Waals surface area contributed by atoms with Gasteiger partial charge in [0.1, 0.15) is 20.2 Å². The van der Waals surface area contributed by atoms with Gasteiger partial charge < -0.3 is 9.11 Å². The molecule has 20 heteroatoms. The number of hydrogen-bond acceptors (Lipinski definition) is 11. The molecule has 1 aliphatic heterocycles.